The Morgan fingerprint density at radius 3 is 2.76 bits per heavy atom. The highest BCUT2D eigenvalue weighted by Crippen LogP contribution is 2.48. The number of ether oxygens (including phenoxy) is 1. The van der Waals surface area contributed by atoms with Crippen molar-refractivity contribution in [2.24, 2.45) is 13.0 Å². The number of carbonyl (C=O) groups excluding carboxylic acids is 1. The van der Waals surface area contributed by atoms with Gasteiger partial charge in [0.05, 0.1) is 13.3 Å². The average Bonchev–Trinajstić information content (AvgIpc) is 3.35. The second-order valence-corrected chi connectivity index (χ2v) is 6.61. The third-order valence-corrected chi connectivity index (χ3v) is 4.96. The maximum atomic E-state index is 12.7. The minimum atomic E-state index is 0.115. The molecule has 2 aromatic rings. The van der Waals surface area contributed by atoms with Crippen LogP contribution in [0.25, 0.3) is 0 Å². The van der Waals surface area contributed by atoms with Gasteiger partial charge >= 0.3 is 0 Å². The molecule has 2 unspecified atom stereocenters. The molecule has 1 aliphatic carbocycles. The monoisotopic (exact) mass is 342 g/mol. The van der Waals surface area contributed by atoms with E-state index in [4.69, 9.17) is 4.74 Å². The SMILES string of the molecule is COc1ccnc(N2CCN(C(=O)C3CC3c3cnn(C)c3)CC2)n1. The summed E-state index contributed by atoms with van der Waals surface area (Å²) in [5, 5.41) is 4.20. The third kappa shape index (κ3) is 3.16. The molecule has 3 heterocycles. The Bertz CT molecular complexity index is 768. The first-order chi connectivity index (χ1) is 12.2. The minimum absolute atomic E-state index is 0.115. The highest BCUT2D eigenvalue weighted by atomic mass is 16.5. The fraction of sp³-hybridized carbons (Fsp3) is 0.529. The Morgan fingerprint density at radius 2 is 2.08 bits per heavy atom. The lowest BCUT2D eigenvalue weighted by molar-refractivity contribution is -0.133. The zero-order chi connectivity index (χ0) is 17.4. The summed E-state index contributed by atoms with van der Waals surface area (Å²) in [6, 6.07) is 1.73. The number of aryl methyl sites for hydroxylation is 1. The molecule has 0 spiro atoms. The molecule has 25 heavy (non-hydrogen) atoms. The van der Waals surface area contributed by atoms with Crippen molar-refractivity contribution >= 4 is 11.9 Å². The molecule has 1 saturated heterocycles. The quantitative estimate of drug-likeness (QED) is 0.813. The Balaban J connectivity index is 1.33. The second kappa shape index (κ2) is 6.34. The fourth-order valence-electron chi connectivity index (χ4n) is 3.43. The van der Waals surface area contributed by atoms with Gasteiger partial charge in [0.1, 0.15) is 0 Å². The molecule has 2 atom stereocenters. The van der Waals surface area contributed by atoms with Crippen molar-refractivity contribution in [3.8, 4) is 5.88 Å². The third-order valence-electron chi connectivity index (χ3n) is 4.96. The van der Waals surface area contributed by atoms with Crippen LogP contribution >= 0.6 is 0 Å². The van der Waals surface area contributed by atoms with Gasteiger partial charge in [-0.05, 0) is 17.9 Å². The highest BCUT2D eigenvalue weighted by Gasteiger charge is 2.46. The molecular formula is C17H22N6O2. The van der Waals surface area contributed by atoms with E-state index in [2.05, 4.69) is 20.0 Å². The van der Waals surface area contributed by atoms with Crippen LogP contribution in [0.1, 0.15) is 17.9 Å². The zero-order valence-corrected chi connectivity index (χ0v) is 14.5. The van der Waals surface area contributed by atoms with Crippen LogP contribution in [0.15, 0.2) is 24.7 Å². The van der Waals surface area contributed by atoms with Crippen molar-refractivity contribution in [2.45, 2.75) is 12.3 Å². The second-order valence-electron chi connectivity index (χ2n) is 6.61. The number of aromatic nitrogens is 4. The van der Waals surface area contributed by atoms with Crippen LogP contribution in [-0.4, -0.2) is 63.8 Å². The van der Waals surface area contributed by atoms with Crippen molar-refractivity contribution in [3.63, 3.8) is 0 Å². The van der Waals surface area contributed by atoms with Gasteiger partial charge in [0.25, 0.3) is 0 Å². The molecule has 1 saturated carbocycles. The molecular weight excluding hydrogens is 320 g/mol. The fourth-order valence-corrected chi connectivity index (χ4v) is 3.43. The Kier molecular flexibility index (Phi) is 4.03. The van der Waals surface area contributed by atoms with Gasteiger partial charge < -0.3 is 14.5 Å². The van der Waals surface area contributed by atoms with Gasteiger partial charge in [0.15, 0.2) is 0 Å². The lowest BCUT2D eigenvalue weighted by Crippen LogP contribution is -2.49. The number of anilines is 1. The van der Waals surface area contributed by atoms with E-state index in [0.717, 1.165) is 19.5 Å². The molecule has 2 aromatic heterocycles. The number of carbonyl (C=O) groups is 1. The molecule has 4 rings (SSSR count). The summed E-state index contributed by atoms with van der Waals surface area (Å²) >= 11 is 0. The summed E-state index contributed by atoms with van der Waals surface area (Å²) in [6.45, 7) is 2.89. The number of amides is 1. The van der Waals surface area contributed by atoms with Gasteiger partial charge in [-0.25, -0.2) is 4.98 Å². The summed E-state index contributed by atoms with van der Waals surface area (Å²) in [4.78, 5) is 25.5. The smallest absolute Gasteiger partial charge is 0.228 e. The lowest BCUT2D eigenvalue weighted by Gasteiger charge is -2.35. The number of methoxy groups -OCH3 is 1. The molecule has 0 bridgehead atoms. The number of nitrogens with zero attached hydrogens (tertiary/aromatic N) is 6. The van der Waals surface area contributed by atoms with Crippen LogP contribution in [0.3, 0.4) is 0 Å². The van der Waals surface area contributed by atoms with E-state index in [-0.39, 0.29) is 11.8 Å². The van der Waals surface area contributed by atoms with E-state index in [1.807, 2.05) is 24.3 Å². The summed E-state index contributed by atoms with van der Waals surface area (Å²) in [7, 11) is 3.50. The summed E-state index contributed by atoms with van der Waals surface area (Å²) in [6.07, 6.45) is 6.51. The van der Waals surface area contributed by atoms with Crippen molar-refractivity contribution in [2.75, 3.05) is 38.2 Å². The number of rotatable bonds is 4. The first kappa shape index (κ1) is 15.9. The molecule has 132 valence electrons. The maximum Gasteiger partial charge on any atom is 0.228 e. The van der Waals surface area contributed by atoms with Crippen LogP contribution in [0.4, 0.5) is 5.95 Å². The van der Waals surface area contributed by atoms with Gasteiger partial charge in [0.2, 0.25) is 17.7 Å². The molecule has 8 nitrogen and oxygen atoms in total. The van der Waals surface area contributed by atoms with E-state index in [9.17, 15) is 4.79 Å². The number of hydrogen-bond donors (Lipinski definition) is 0. The van der Waals surface area contributed by atoms with Gasteiger partial charge in [0, 0.05) is 57.6 Å². The molecule has 8 heteroatoms. The van der Waals surface area contributed by atoms with Gasteiger partial charge in [-0.3, -0.25) is 9.48 Å². The summed E-state index contributed by atoms with van der Waals surface area (Å²) < 4.78 is 6.94. The van der Waals surface area contributed by atoms with E-state index in [1.54, 1.807) is 24.1 Å². The average molecular weight is 342 g/mol. The van der Waals surface area contributed by atoms with Crippen LogP contribution in [0.5, 0.6) is 5.88 Å². The van der Waals surface area contributed by atoms with Crippen LogP contribution in [0, 0.1) is 5.92 Å². The predicted molar refractivity (Wildman–Crippen MR) is 91.4 cm³/mol. The first-order valence-corrected chi connectivity index (χ1v) is 8.55. The number of hydrogen-bond acceptors (Lipinski definition) is 6. The van der Waals surface area contributed by atoms with Crippen LogP contribution in [-0.2, 0) is 11.8 Å². The first-order valence-electron chi connectivity index (χ1n) is 8.55. The lowest BCUT2D eigenvalue weighted by atomic mass is 10.1. The van der Waals surface area contributed by atoms with E-state index in [1.165, 1.54) is 5.56 Å². The standard InChI is InChI=1S/C17H22N6O2/c1-21-11-12(10-19-21)13-9-14(13)16(24)22-5-7-23(8-6-22)17-18-4-3-15(20-17)25-2/h3-4,10-11,13-14H,5-9H2,1-2H3. The van der Waals surface area contributed by atoms with E-state index >= 15 is 0 Å². The maximum absolute atomic E-state index is 12.7. The largest absolute Gasteiger partial charge is 0.481 e. The van der Waals surface area contributed by atoms with E-state index < -0.39 is 0 Å². The highest BCUT2D eigenvalue weighted by molar-refractivity contribution is 5.83. The van der Waals surface area contributed by atoms with Crippen molar-refractivity contribution in [1.82, 2.24) is 24.6 Å². The molecule has 1 aliphatic heterocycles. The molecule has 0 aromatic carbocycles. The Morgan fingerprint density at radius 1 is 1.28 bits per heavy atom. The van der Waals surface area contributed by atoms with Gasteiger partial charge in [-0.2, -0.15) is 10.1 Å². The van der Waals surface area contributed by atoms with Crippen LogP contribution in [0.2, 0.25) is 0 Å². The molecule has 0 radical (unpaired) electrons. The van der Waals surface area contributed by atoms with Crippen molar-refractivity contribution in [3.05, 3.63) is 30.2 Å². The normalized spacial score (nSPS) is 22.8. The predicted octanol–water partition coefficient (Wildman–Crippen LogP) is 0.671. The van der Waals surface area contributed by atoms with Gasteiger partial charge in [-0.15, -0.1) is 0 Å². The molecule has 0 N–H and O–H groups in total. The molecule has 1 amide bonds. The summed E-state index contributed by atoms with van der Waals surface area (Å²) in [5.74, 6) is 1.93. The van der Waals surface area contributed by atoms with Crippen LogP contribution < -0.4 is 9.64 Å². The molecule has 2 aliphatic rings. The van der Waals surface area contributed by atoms with Gasteiger partial charge in [-0.1, -0.05) is 0 Å². The molecule has 2 fully saturated rings. The summed E-state index contributed by atoms with van der Waals surface area (Å²) in [5.41, 5.74) is 1.17. The minimum Gasteiger partial charge on any atom is -0.481 e. The zero-order valence-electron chi connectivity index (χ0n) is 14.5. The topological polar surface area (TPSA) is 76.4 Å². The Labute approximate surface area is 146 Å². The van der Waals surface area contributed by atoms with Crippen molar-refractivity contribution in [1.29, 1.82) is 0 Å². The van der Waals surface area contributed by atoms with E-state index in [0.29, 0.717) is 30.8 Å². The Hall–Kier alpha value is -2.64. The van der Waals surface area contributed by atoms with Crippen molar-refractivity contribution < 1.29 is 9.53 Å². The number of piperazine rings is 1.